The molecule has 0 atom stereocenters. The maximum absolute atomic E-state index is 13.2. The molecule has 5 rings (SSSR count). The van der Waals surface area contributed by atoms with Gasteiger partial charge in [-0.15, -0.1) is 0 Å². The normalized spacial score (nSPS) is 30.1. The first-order valence-corrected chi connectivity index (χ1v) is 12.9. The van der Waals surface area contributed by atoms with Gasteiger partial charge in [0.1, 0.15) is 0 Å². The topological polar surface area (TPSA) is 113 Å². The fourth-order valence-electron chi connectivity index (χ4n) is 4.87. The molecule has 4 aliphatic rings. The number of carbonyl (C=O) groups is 1. The Hall–Kier alpha value is -1.86. The number of amides is 1. The second-order valence-electron chi connectivity index (χ2n) is 8.99. The van der Waals surface area contributed by atoms with Crippen LogP contribution in [0.15, 0.2) is 18.2 Å². The minimum absolute atomic E-state index is 0.153. The molecule has 3 aliphatic carbocycles. The van der Waals surface area contributed by atoms with Crippen LogP contribution >= 0.6 is 0 Å². The summed E-state index contributed by atoms with van der Waals surface area (Å²) in [6.45, 7) is 1.51. The first-order chi connectivity index (χ1) is 14.1. The summed E-state index contributed by atoms with van der Waals surface area (Å²) in [7, 11) is -7.60. The van der Waals surface area contributed by atoms with Gasteiger partial charge in [-0.1, -0.05) is 6.92 Å². The summed E-state index contributed by atoms with van der Waals surface area (Å²) in [6, 6.07) is 2.22. The van der Waals surface area contributed by atoms with Crippen LogP contribution < -0.4 is 10.0 Å². The minimum Gasteiger partial charge on any atom is -0.346 e. The van der Waals surface area contributed by atoms with Crippen molar-refractivity contribution in [3.63, 3.8) is 0 Å². The molecule has 13 heteroatoms. The first-order valence-electron chi connectivity index (χ1n) is 9.64. The molecule has 1 saturated heterocycles. The van der Waals surface area contributed by atoms with Crippen LogP contribution in [0, 0.1) is 5.41 Å². The lowest BCUT2D eigenvalue weighted by Crippen LogP contribution is -2.73. The third-order valence-corrected chi connectivity index (χ3v) is 9.28. The molecular weight excluding hydrogens is 459 g/mol. The summed E-state index contributed by atoms with van der Waals surface area (Å²) in [5.74, 6) is -1.49. The molecular formula is C18H22F3N3O5S2. The molecule has 2 bridgehead atoms. The fraction of sp³-hybridized carbons (Fsp3) is 0.611. The van der Waals surface area contributed by atoms with Gasteiger partial charge in [0.2, 0.25) is 0 Å². The lowest BCUT2D eigenvalue weighted by molar-refractivity contribution is -0.137. The van der Waals surface area contributed by atoms with Crippen LogP contribution in [0.5, 0.6) is 0 Å². The van der Waals surface area contributed by atoms with E-state index in [1.165, 1.54) is 0 Å². The average Bonchev–Trinajstić information content (AvgIpc) is 2.58. The van der Waals surface area contributed by atoms with Crippen molar-refractivity contribution in [2.24, 2.45) is 5.41 Å². The molecule has 0 aromatic heterocycles. The highest BCUT2D eigenvalue weighted by Gasteiger charge is 2.65. The Balaban J connectivity index is 1.59. The molecule has 2 N–H and O–H groups in total. The zero-order chi connectivity index (χ0) is 22.9. The number of alkyl halides is 3. The van der Waals surface area contributed by atoms with Crippen molar-refractivity contribution < 1.29 is 34.8 Å². The van der Waals surface area contributed by atoms with E-state index in [9.17, 15) is 34.8 Å². The van der Waals surface area contributed by atoms with Gasteiger partial charge in [-0.25, -0.2) is 8.42 Å². The van der Waals surface area contributed by atoms with E-state index in [1.807, 2.05) is 0 Å². The Bertz CT molecular complexity index is 1110. The van der Waals surface area contributed by atoms with Crippen molar-refractivity contribution >= 4 is 31.6 Å². The van der Waals surface area contributed by atoms with Gasteiger partial charge in [0.15, 0.2) is 9.84 Å². The van der Waals surface area contributed by atoms with E-state index in [1.54, 1.807) is 0 Å². The quantitative estimate of drug-likeness (QED) is 0.666. The van der Waals surface area contributed by atoms with Gasteiger partial charge in [-0.2, -0.15) is 25.9 Å². The number of rotatable bonds is 5. The lowest BCUT2D eigenvalue weighted by Gasteiger charge is -2.69. The van der Waals surface area contributed by atoms with E-state index in [2.05, 4.69) is 17.0 Å². The molecule has 0 radical (unpaired) electrons. The largest absolute Gasteiger partial charge is 0.416 e. The fourth-order valence-corrected chi connectivity index (χ4v) is 7.55. The molecule has 0 spiro atoms. The van der Waals surface area contributed by atoms with Crippen molar-refractivity contribution in [2.45, 2.75) is 37.9 Å². The van der Waals surface area contributed by atoms with Crippen LogP contribution in [-0.4, -0.2) is 57.2 Å². The van der Waals surface area contributed by atoms with E-state index in [0.717, 1.165) is 29.6 Å². The van der Waals surface area contributed by atoms with E-state index in [0.29, 0.717) is 12.1 Å². The van der Waals surface area contributed by atoms with Gasteiger partial charge < -0.3 is 5.32 Å². The smallest absolute Gasteiger partial charge is 0.346 e. The maximum Gasteiger partial charge on any atom is 0.416 e. The van der Waals surface area contributed by atoms with Gasteiger partial charge in [-0.05, 0) is 42.9 Å². The number of sulfone groups is 1. The Morgan fingerprint density at radius 3 is 2.23 bits per heavy atom. The van der Waals surface area contributed by atoms with Crippen LogP contribution in [0.25, 0.3) is 0 Å². The van der Waals surface area contributed by atoms with E-state index >= 15 is 0 Å². The van der Waals surface area contributed by atoms with Gasteiger partial charge in [-0.3, -0.25) is 9.52 Å². The summed E-state index contributed by atoms with van der Waals surface area (Å²) in [6.07, 6.45) is -2.52. The maximum atomic E-state index is 13.2. The van der Waals surface area contributed by atoms with Gasteiger partial charge >= 0.3 is 16.4 Å². The number of halogens is 3. The molecule has 1 amide bonds. The molecule has 1 aromatic rings. The second kappa shape index (κ2) is 6.82. The molecule has 1 heterocycles. The zero-order valence-electron chi connectivity index (χ0n) is 16.6. The molecule has 1 aromatic carbocycles. The van der Waals surface area contributed by atoms with Gasteiger partial charge in [0.05, 0.1) is 28.3 Å². The second-order valence-corrected chi connectivity index (χ2v) is 13.0. The third kappa shape index (κ3) is 4.27. The van der Waals surface area contributed by atoms with Crippen molar-refractivity contribution in [2.75, 3.05) is 29.3 Å². The number of nitrogens with zero attached hydrogens (tertiary/aromatic N) is 1. The molecule has 0 unspecified atom stereocenters. The molecule has 172 valence electrons. The Kier molecular flexibility index (Phi) is 4.91. The van der Waals surface area contributed by atoms with Crippen LogP contribution in [0.4, 0.5) is 18.9 Å². The standard InChI is InChI=1S/C18H22F3N3O5S2/c1-16-9-17(10-16,11-16)22-15(25)13-8-12(18(19,20)21)2-3-14(13)23-31(28,29)24-4-6-30(26,27)7-5-24/h2-3,8,23H,4-7,9-11H2,1H3,(H,22,25). The van der Waals surface area contributed by atoms with Crippen molar-refractivity contribution in [1.82, 2.24) is 9.62 Å². The number of carbonyl (C=O) groups excluding carboxylic acids is 1. The zero-order valence-corrected chi connectivity index (χ0v) is 18.3. The Morgan fingerprint density at radius 2 is 1.71 bits per heavy atom. The predicted molar refractivity (Wildman–Crippen MR) is 106 cm³/mol. The van der Waals surface area contributed by atoms with Crippen LogP contribution in [-0.2, 0) is 26.2 Å². The molecule has 8 nitrogen and oxygen atoms in total. The monoisotopic (exact) mass is 481 g/mol. The van der Waals surface area contributed by atoms with Crippen LogP contribution in [0.3, 0.4) is 0 Å². The average molecular weight is 482 g/mol. The molecule has 4 fully saturated rings. The minimum atomic E-state index is -4.71. The lowest BCUT2D eigenvalue weighted by atomic mass is 9.40. The van der Waals surface area contributed by atoms with E-state index in [4.69, 9.17) is 0 Å². The Labute approximate surface area is 178 Å². The summed E-state index contributed by atoms with van der Waals surface area (Å²) >= 11 is 0. The van der Waals surface area contributed by atoms with E-state index in [-0.39, 0.29) is 35.7 Å². The number of anilines is 1. The first kappa shape index (κ1) is 22.3. The van der Waals surface area contributed by atoms with Crippen molar-refractivity contribution in [3.8, 4) is 0 Å². The molecule has 3 saturated carbocycles. The van der Waals surface area contributed by atoms with Crippen molar-refractivity contribution in [1.29, 1.82) is 0 Å². The SMILES string of the molecule is CC12CC(NC(=O)c3cc(C(F)(F)F)ccc3NS(=O)(=O)N3CCS(=O)(=O)CC3)(C1)C2. The summed E-state index contributed by atoms with van der Waals surface area (Å²) in [5.41, 5.74) is -2.10. The highest BCUT2D eigenvalue weighted by atomic mass is 32.2. The highest BCUT2D eigenvalue weighted by molar-refractivity contribution is 7.92. The summed E-state index contributed by atoms with van der Waals surface area (Å²) in [4.78, 5) is 12.8. The van der Waals surface area contributed by atoms with Crippen LogP contribution in [0.2, 0.25) is 0 Å². The number of hydrogen-bond donors (Lipinski definition) is 2. The number of benzene rings is 1. The summed E-state index contributed by atoms with van der Waals surface area (Å²) < 4.78 is 91.1. The highest BCUT2D eigenvalue weighted by Crippen LogP contribution is 2.66. The molecule has 31 heavy (non-hydrogen) atoms. The number of hydrogen-bond acceptors (Lipinski definition) is 5. The van der Waals surface area contributed by atoms with E-state index < -0.39 is 48.8 Å². The Morgan fingerprint density at radius 1 is 1.13 bits per heavy atom. The molecule has 1 aliphatic heterocycles. The third-order valence-electron chi connectivity index (χ3n) is 6.15. The van der Waals surface area contributed by atoms with Gasteiger partial charge in [0, 0.05) is 18.6 Å². The van der Waals surface area contributed by atoms with Gasteiger partial charge in [0.25, 0.3) is 5.91 Å². The number of nitrogens with one attached hydrogen (secondary N) is 2. The predicted octanol–water partition coefficient (Wildman–Crippen LogP) is 1.76. The summed E-state index contributed by atoms with van der Waals surface area (Å²) in [5, 5.41) is 2.76. The van der Waals surface area contributed by atoms with Crippen molar-refractivity contribution in [3.05, 3.63) is 29.3 Å². The van der Waals surface area contributed by atoms with Crippen LogP contribution in [0.1, 0.15) is 42.1 Å².